The molecule has 1 unspecified atom stereocenters. The number of aromatic nitrogens is 1. The number of nitrogens with one attached hydrogen (secondary N) is 1. The SMILES string of the molecule is CS(=N)(=O)c1cccc(CO)n1. The lowest BCUT2D eigenvalue weighted by molar-refractivity contribution is 0.276. The standard InChI is InChI=1S/C7H10N2O2S/c1-12(8,11)7-4-2-3-6(5-10)9-7/h2-4,8,10H,5H2,1H3. The van der Waals surface area contributed by atoms with Crippen LogP contribution >= 0.6 is 0 Å². The molecule has 66 valence electrons. The summed E-state index contributed by atoms with van der Waals surface area (Å²) in [4.78, 5) is 3.85. The van der Waals surface area contributed by atoms with Crippen molar-refractivity contribution in [2.75, 3.05) is 6.26 Å². The average Bonchev–Trinajstić information content (AvgIpc) is 2.03. The second kappa shape index (κ2) is 3.20. The van der Waals surface area contributed by atoms with Gasteiger partial charge in [0.25, 0.3) is 0 Å². The fourth-order valence-electron chi connectivity index (χ4n) is 0.763. The van der Waals surface area contributed by atoms with Crippen molar-refractivity contribution in [1.29, 1.82) is 4.78 Å². The molecule has 12 heavy (non-hydrogen) atoms. The zero-order chi connectivity index (χ0) is 9.19. The maximum absolute atomic E-state index is 11.2. The zero-order valence-corrected chi connectivity index (χ0v) is 7.47. The molecule has 0 aromatic carbocycles. The van der Waals surface area contributed by atoms with Gasteiger partial charge in [0.15, 0.2) is 0 Å². The molecule has 0 radical (unpaired) electrons. The van der Waals surface area contributed by atoms with Crippen LogP contribution in [0, 0.1) is 4.78 Å². The van der Waals surface area contributed by atoms with Crippen LogP contribution in [-0.2, 0) is 16.3 Å². The Kier molecular flexibility index (Phi) is 2.44. The van der Waals surface area contributed by atoms with Crippen molar-refractivity contribution in [1.82, 2.24) is 4.98 Å². The first-order valence-corrected chi connectivity index (χ1v) is 5.31. The molecule has 1 atom stereocenters. The van der Waals surface area contributed by atoms with E-state index >= 15 is 0 Å². The van der Waals surface area contributed by atoms with Crippen LogP contribution in [-0.4, -0.2) is 20.6 Å². The van der Waals surface area contributed by atoms with E-state index in [1.807, 2.05) is 0 Å². The van der Waals surface area contributed by atoms with Crippen LogP contribution in [0.2, 0.25) is 0 Å². The number of nitrogens with zero attached hydrogens (tertiary/aromatic N) is 1. The summed E-state index contributed by atoms with van der Waals surface area (Å²) < 4.78 is 18.4. The molecule has 1 aromatic heterocycles. The van der Waals surface area contributed by atoms with E-state index in [1.165, 1.54) is 12.3 Å². The molecule has 1 aromatic rings. The maximum Gasteiger partial charge on any atom is 0.135 e. The van der Waals surface area contributed by atoms with E-state index in [4.69, 9.17) is 9.89 Å². The largest absolute Gasteiger partial charge is 0.390 e. The van der Waals surface area contributed by atoms with Crippen LogP contribution in [0.3, 0.4) is 0 Å². The zero-order valence-electron chi connectivity index (χ0n) is 6.65. The first-order chi connectivity index (χ1) is 5.54. The van der Waals surface area contributed by atoms with Crippen molar-refractivity contribution in [2.45, 2.75) is 11.6 Å². The first kappa shape index (κ1) is 9.15. The summed E-state index contributed by atoms with van der Waals surface area (Å²) in [5, 5.41) is 8.93. The molecule has 1 heterocycles. The van der Waals surface area contributed by atoms with E-state index in [0.29, 0.717) is 5.69 Å². The predicted octanol–water partition coefficient (Wildman–Crippen LogP) is 0.609. The minimum atomic E-state index is -2.76. The number of hydrogen-bond donors (Lipinski definition) is 2. The predicted molar refractivity (Wildman–Crippen MR) is 45.2 cm³/mol. The van der Waals surface area contributed by atoms with Crippen molar-refractivity contribution in [3.63, 3.8) is 0 Å². The summed E-state index contributed by atoms with van der Waals surface area (Å²) >= 11 is 0. The minimum absolute atomic E-state index is 0.191. The van der Waals surface area contributed by atoms with Crippen molar-refractivity contribution in [3.8, 4) is 0 Å². The van der Waals surface area contributed by atoms with Gasteiger partial charge in [-0.25, -0.2) is 14.0 Å². The van der Waals surface area contributed by atoms with Gasteiger partial charge in [0.1, 0.15) is 5.03 Å². The summed E-state index contributed by atoms with van der Waals surface area (Å²) in [5.74, 6) is 0. The summed E-state index contributed by atoms with van der Waals surface area (Å²) in [6.45, 7) is -0.191. The Labute approximate surface area is 71.2 Å². The number of pyridine rings is 1. The highest BCUT2D eigenvalue weighted by molar-refractivity contribution is 7.91. The van der Waals surface area contributed by atoms with Crippen molar-refractivity contribution in [2.24, 2.45) is 0 Å². The van der Waals surface area contributed by atoms with Crippen LogP contribution in [0.4, 0.5) is 0 Å². The van der Waals surface area contributed by atoms with E-state index in [-0.39, 0.29) is 11.6 Å². The highest BCUT2D eigenvalue weighted by Crippen LogP contribution is 2.06. The van der Waals surface area contributed by atoms with Gasteiger partial charge in [-0.15, -0.1) is 0 Å². The summed E-state index contributed by atoms with van der Waals surface area (Å²) in [6.07, 6.45) is 1.30. The van der Waals surface area contributed by atoms with E-state index in [9.17, 15) is 4.21 Å². The third-order valence-electron chi connectivity index (χ3n) is 1.34. The van der Waals surface area contributed by atoms with E-state index in [0.717, 1.165) is 0 Å². The fourth-order valence-corrected chi connectivity index (χ4v) is 1.39. The summed E-state index contributed by atoms with van der Waals surface area (Å²) in [7, 11) is -2.76. The molecule has 5 heteroatoms. The molecule has 0 fully saturated rings. The van der Waals surface area contributed by atoms with Gasteiger partial charge in [-0.3, -0.25) is 0 Å². The second-order valence-electron chi connectivity index (χ2n) is 2.47. The quantitative estimate of drug-likeness (QED) is 0.710. The first-order valence-electron chi connectivity index (χ1n) is 3.34. The van der Waals surface area contributed by atoms with Gasteiger partial charge in [0.2, 0.25) is 0 Å². The van der Waals surface area contributed by atoms with Crippen LogP contribution in [0.15, 0.2) is 23.2 Å². The monoisotopic (exact) mass is 186 g/mol. The molecule has 0 aliphatic carbocycles. The third kappa shape index (κ3) is 2.02. The van der Waals surface area contributed by atoms with Gasteiger partial charge in [-0.05, 0) is 12.1 Å². The maximum atomic E-state index is 11.2. The topological polar surface area (TPSA) is 74.0 Å². The average molecular weight is 186 g/mol. The van der Waals surface area contributed by atoms with E-state index < -0.39 is 9.73 Å². The van der Waals surface area contributed by atoms with Gasteiger partial charge < -0.3 is 5.11 Å². The van der Waals surface area contributed by atoms with Crippen molar-refractivity contribution >= 4 is 9.73 Å². The molecule has 0 aliphatic heterocycles. The second-order valence-corrected chi connectivity index (χ2v) is 4.57. The molecular weight excluding hydrogens is 176 g/mol. The fraction of sp³-hybridized carbons (Fsp3) is 0.286. The van der Waals surface area contributed by atoms with Gasteiger partial charge in [-0.2, -0.15) is 0 Å². The molecular formula is C7H10N2O2S. The molecule has 0 aliphatic rings. The highest BCUT2D eigenvalue weighted by atomic mass is 32.2. The smallest absolute Gasteiger partial charge is 0.135 e. The number of aliphatic hydroxyl groups is 1. The van der Waals surface area contributed by atoms with E-state index in [2.05, 4.69) is 4.98 Å². The number of hydrogen-bond acceptors (Lipinski definition) is 4. The van der Waals surface area contributed by atoms with Gasteiger partial charge in [-0.1, -0.05) is 6.07 Å². The van der Waals surface area contributed by atoms with E-state index in [1.54, 1.807) is 12.1 Å². The Balaban J connectivity index is 3.20. The number of aliphatic hydroxyl groups excluding tert-OH is 1. The Morgan fingerprint density at radius 1 is 1.67 bits per heavy atom. The Hall–Kier alpha value is -0.940. The van der Waals surface area contributed by atoms with Crippen LogP contribution < -0.4 is 0 Å². The highest BCUT2D eigenvalue weighted by Gasteiger charge is 2.04. The molecule has 0 saturated heterocycles. The molecule has 0 amide bonds. The Morgan fingerprint density at radius 3 is 2.83 bits per heavy atom. The van der Waals surface area contributed by atoms with Gasteiger partial charge in [0.05, 0.1) is 22.0 Å². The Bertz CT molecular complexity index is 373. The lowest BCUT2D eigenvalue weighted by Gasteiger charge is -2.01. The molecule has 0 spiro atoms. The normalized spacial score (nSPS) is 15.5. The van der Waals surface area contributed by atoms with Crippen molar-refractivity contribution < 1.29 is 9.32 Å². The van der Waals surface area contributed by atoms with Crippen LogP contribution in [0.25, 0.3) is 0 Å². The lowest BCUT2D eigenvalue weighted by Crippen LogP contribution is -2.00. The molecule has 0 saturated carbocycles. The van der Waals surface area contributed by atoms with Gasteiger partial charge in [0, 0.05) is 6.26 Å². The summed E-state index contributed by atoms with van der Waals surface area (Å²) in [5.41, 5.74) is 0.439. The van der Waals surface area contributed by atoms with Crippen LogP contribution in [0.5, 0.6) is 0 Å². The van der Waals surface area contributed by atoms with Crippen LogP contribution in [0.1, 0.15) is 5.69 Å². The lowest BCUT2D eigenvalue weighted by atomic mass is 10.4. The third-order valence-corrected chi connectivity index (χ3v) is 2.37. The summed E-state index contributed by atoms with van der Waals surface area (Å²) in [6, 6.07) is 4.77. The molecule has 1 rings (SSSR count). The van der Waals surface area contributed by atoms with Gasteiger partial charge >= 0.3 is 0 Å². The Morgan fingerprint density at radius 2 is 2.33 bits per heavy atom. The number of rotatable bonds is 2. The molecule has 2 N–H and O–H groups in total. The minimum Gasteiger partial charge on any atom is -0.390 e. The molecule has 0 bridgehead atoms. The molecule has 4 nitrogen and oxygen atoms in total. The van der Waals surface area contributed by atoms with Crippen molar-refractivity contribution in [3.05, 3.63) is 23.9 Å².